The SMILES string of the molecule is CCCCCCCC(=O)OCOC(=O)N1CCN(C)CC1. The van der Waals surface area contributed by atoms with Crippen molar-refractivity contribution in [3.8, 4) is 0 Å². The van der Waals surface area contributed by atoms with Crippen molar-refractivity contribution in [2.45, 2.75) is 45.4 Å². The van der Waals surface area contributed by atoms with E-state index in [1.165, 1.54) is 12.8 Å². The molecule has 0 aromatic heterocycles. The van der Waals surface area contributed by atoms with Gasteiger partial charge in [0.25, 0.3) is 0 Å². The second-order valence-electron chi connectivity index (χ2n) is 5.50. The minimum atomic E-state index is -0.404. The number of piperazine rings is 1. The Labute approximate surface area is 127 Å². The van der Waals surface area contributed by atoms with Crippen LogP contribution in [0.3, 0.4) is 0 Å². The third-order valence-electron chi connectivity index (χ3n) is 3.65. The number of unbranched alkanes of at least 4 members (excludes halogenated alkanes) is 4. The summed E-state index contributed by atoms with van der Waals surface area (Å²) >= 11 is 0. The minimum Gasteiger partial charge on any atom is -0.428 e. The van der Waals surface area contributed by atoms with Gasteiger partial charge in [0, 0.05) is 32.6 Å². The minimum absolute atomic E-state index is 0.279. The molecule has 6 heteroatoms. The number of esters is 1. The Morgan fingerprint density at radius 1 is 0.952 bits per heavy atom. The molecule has 1 aliphatic rings. The van der Waals surface area contributed by atoms with Crippen LogP contribution in [0.15, 0.2) is 0 Å². The Bertz CT molecular complexity index is 315. The number of likely N-dealkylation sites (N-methyl/N-ethyl adjacent to an activating group) is 1. The molecule has 0 atom stereocenters. The molecule has 21 heavy (non-hydrogen) atoms. The molecule has 0 unspecified atom stereocenters. The first-order valence-corrected chi connectivity index (χ1v) is 7.89. The van der Waals surface area contributed by atoms with Crippen molar-refractivity contribution in [2.24, 2.45) is 0 Å². The van der Waals surface area contributed by atoms with Crippen molar-refractivity contribution >= 4 is 12.1 Å². The maximum atomic E-state index is 11.7. The van der Waals surface area contributed by atoms with Crippen molar-refractivity contribution in [2.75, 3.05) is 40.0 Å². The fourth-order valence-electron chi connectivity index (χ4n) is 2.17. The van der Waals surface area contributed by atoms with Crippen molar-refractivity contribution < 1.29 is 19.1 Å². The van der Waals surface area contributed by atoms with E-state index in [-0.39, 0.29) is 12.8 Å². The molecule has 1 rings (SSSR count). The van der Waals surface area contributed by atoms with Crippen LogP contribution in [-0.2, 0) is 14.3 Å². The average molecular weight is 300 g/mol. The largest absolute Gasteiger partial charge is 0.428 e. The topological polar surface area (TPSA) is 59.1 Å². The molecule has 0 radical (unpaired) electrons. The van der Waals surface area contributed by atoms with Gasteiger partial charge in [-0.1, -0.05) is 32.6 Å². The molecule has 0 aromatic carbocycles. The average Bonchev–Trinajstić information content (AvgIpc) is 2.47. The first-order valence-electron chi connectivity index (χ1n) is 7.89. The Morgan fingerprint density at radius 2 is 1.62 bits per heavy atom. The maximum absolute atomic E-state index is 11.7. The molecule has 1 saturated heterocycles. The van der Waals surface area contributed by atoms with Gasteiger partial charge in [0.2, 0.25) is 6.79 Å². The number of hydrogen-bond acceptors (Lipinski definition) is 5. The van der Waals surface area contributed by atoms with E-state index in [1.54, 1.807) is 4.90 Å². The zero-order valence-electron chi connectivity index (χ0n) is 13.3. The summed E-state index contributed by atoms with van der Waals surface area (Å²) in [5.74, 6) is -0.294. The molecule has 1 heterocycles. The third kappa shape index (κ3) is 7.90. The smallest absolute Gasteiger partial charge is 0.412 e. The highest BCUT2D eigenvalue weighted by atomic mass is 16.7. The number of carbonyl (C=O) groups excluding carboxylic acids is 2. The van der Waals surface area contributed by atoms with E-state index < -0.39 is 6.09 Å². The third-order valence-corrected chi connectivity index (χ3v) is 3.65. The van der Waals surface area contributed by atoms with Gasteiger partial charge in [0.1, 0.15) is 0 Å². The normalized spacial score (nSPS) is 15.8. The van der Waals surface area contributed by atoms with E-state index in [0.29, 0.717) is 19.5 Å². The number of carbonyl (C=O) groups is 2. The maximum Gasteiger partial charge on any atom is 0.412 e. The van der Waals surface area contributed by atoms with Crippen LogP contribution in [0, 0.1) is 0 Å². The highest BCUT2D eigenvalue weighted by molar-refractivity contribution is 5.70. The Kier molecular flexibility index (Phi) is 8.82. The lowest BCUT2D eigenvalue weighted by molar-refractivity contribution is -0.152. The van der Waals surface area contributed by atoms with Crippen LogP contribution in [0.25, 0.3) is 0 Å². The van der Waals surface area contributed by atoms with Gasteiger partial charge in [-0.25, -0.2) is 4.79 Å². The van der Waals surface area contributed by atoms with E-state index >= 15 is 0 Å². The van der Waals surface area contributed by atoms with Crippen LogP contribution in [0.1, 0.15) is 45.4 Å². The predicted molar refractivity (Wildman–Crippen MR) is 79.9 cm³/mol. The van der Waals surface area contributed by atoms with Crippen LogP contribution in [0.2, 0.25) is 0 Å². The highest BCUT2D eigenvalue weighted by Crippen LogP contribution is 2.06. The van der Waals surface area contributed by atoms with E-state index in [0.717, 1.165) is 32.4 Å². The molecule has 1 amide bonds. The monoisotopic (exact) mass is 300 g/mol. The Hall–Kier alpha value is -1.30. The molecule has 0 aliphatic carbocycles. The number of amides is 1. The van der Waals surface area contributed by atoms with Gasteiger partial charge >= 0.3 is 12.1 Å². The number of hydrogen-bond donors (Lipinski definition) is 0. The summed E-state index contributed by atoms with van der Waals surface area (Å²) in [6.45, 7) is 4.86. The van der Waals surface area contributed by atoms with Gasteiger partial charge in [0.15, 0.2) is 0 Å². The van der Waals surface area contributed by atoms with Gasteiger partial charge in [-0.15, -0.1) is 0 Å². The van der Waals surface area contributed by atoms with Crippen molar-refractivity contribution in [3.63, 3.8) is 0 Å². The van der Waals surface area contributed by atoms with Crippen molar-refractivity contribution in [1.29, 1.82) is 0 Å². The van der Waals surface area contributed by atoms with Crippen molar-refractivity contribution in [1.82, 2.24) is 9.80 Å². The molecule has 122 valence electrons. The summed E-state index contributed by atoms with van der Waals surface area (Å²) < 4.78 is 9.87. The van der Waals surface area contributed by atoms with E-state index in [2.05, 4.69) is 11.8 Å². The van der Waals surface area contributed by atoms with Crippen LogP contribution in [0.5, 0.6) is 0 Å². The first kappa shape index (κ1) is 17.8. The summed E-state index contributed by atoms with van der Waals surface area (Å²) in [4.78, 5) is 26.9. The molecule has 6 nitrogen and oxygen atoms in total. The molecular weight excluding hydrogens is 272 g/mol. The summed E-state index contributed by atoms with van der Waals surface area (Å²) in [5, 5.41) is 0. The standard InChI is InChI=1S/C15H28N2O4/c1-3-4-5-6-7-8-14(18)20-13-21-15(19)17-11-9-16(2)10-12-17/h3-13H2,1-2H3. The Morgan fingerprint density at radius 3 is 2.29 bits per heavy atom. The summed E-state index contributed by atoms with van der Waals surface area (Å²) in [6.07, 6.45) is 5.43. The molecule has 1 aliphatic heterocycles. The molecule has 0 N–H and O–H groups in total. The van der Waals surface area contributed by atoms with Crippen LogP contribution < -0.4 is 0 Å². The van der Waals surface area contributed by atoms with E-state index in [1.807, 2.05) is 7.05 Å². The van der Waals surface area contributed by atoms with Crippen LogP contribution >= 0.6 is 0 Å². The summed E-state index contributed by atoms with van der Waals surface area (Å²) in [7, 11) is 2.02. The van der Waals surface area contributed by atoms with Gasteiger partial charge in [-0.2, -0.15) is 0 Å². The molecular formula is C15H28N2O4. The lowest BCUT2D eigenvalue weighted by Crippen LogP contribution is -2.47. The van der Waals surface area contributed by atoms with Gasteiger partial charge in [0.05, 0.1) is 0 Å². The second kappa shape index (κ2) is 10.4. The Balaban J connectivity index is 2.02. The fourth-order valence-corrected chi connectivity index (χ4v) is 2.17. The van der Waals surface area contributed by atoms with Gasteiger partial charge < -0.3 is 19.3 Å². The first-order chi connectivity index (χ1) is 10.1. The van der Waals surface area contributed by atoms with Gasteiger partial charge in [-0.05, 0) is 13.5 Å². The van der Waals surface area contributed by atoms with Gasteiger partial charge in [-0.3, -0.25) is 4.79 Å². The summed E-state index contributed by atoms with van der Waals surface area (Å²) in [6, 6.07) is 0. The number of nitrogens with zero attached hydrogens (tertiary/aromatic N) is 2. The predicted octanol–water partition coefficient (Wildman–Crippen LogP) is 2.23. The summed E-state index contributed by atoms with van der Waals surface area (Å²) in [5.41, 5.74) is 0. The molecule has 1 fully saturated rings. The molecule has 0 saturated carbocycles. The zero-order chi connectivity index (χ0) is 15.5. The lowest BCUT2D eigenvalue weighted by Gasteiger charge is -2.31. The van der Waals surface area contributed by atoms with Crippen LogP contribution in [0.4, 0.5) is 4.79 Å². The molecule has 0 bridgehead atoms. The fraction of sp³-hybridized carbons (Fsp3) is 0.867. The number of rotatable bonds is 8. The van der Waals surface area contributed by atoms with Crippen LogP contribution in [-0.4, -0.2) is 61.9 Å². The molecule has 0 spiro atoms. The highest BCUT2D eigenvalue weighted by Gasteiger charge is 2.20. The molecule has 0 aromatic rings. The zero-order valence-corrected chi connectivity index (χ0v) is 13.3. The quantitative estimate of drug-likeness (QED) is 0.391. The lowest BCUT2D eigenvalue weighted by atomic mass is 10.1. The van der Waals surface area contributed by atoms with Crippen molar-refractivity contribution in [3.05, 3.63) is 0 Å². The second-order valence-corrected chi connectivity index (χ2v) is 5.50. The number of ether oxygens (including phenoxy) is 2. The van der Waals surface area contributed by atoms with E-state index in [4.69, 9.17) is 9.47 Å². The van der Waals surface area contributed by atoms with E-state index in [9.17, 15) is 9.59 Å².